The highest BCUT2D eigenvalue weighted by molar-refractivity contribution is 6.36. The highest BCUT2D eigenvalue weighted by atomic mass is 35.5. The van der Waals surface area contributed by atoms with Gasteiger partial charge < -0.3 is 10.2 Å². The van der Waals surface area contributed by atoms with Crippen molar-refractivity contribution < 1.29 is 9.59 Å². The van der Waals surface area contributed by atoms with Crippen molar-refractivity contribution in [3.63, 3.8) is 0 Å². The van der Waals surface area contributed by atoms with E-state index in [0.717, 1.165) is 17.5 Å². The smallest absolute Gasteiger partial charge is 0.242 e. The number of carbonyl (C=O) groups is 2. The Bertz CT molecular complexity index is 834. The van der Waals surface area contributed by atoms with Gasteiger partial charge in [-0.25, -0.2) is 0 Å². The molecule has 0 saturated carbocycles. The van der Waals surface area contributed by atoms with Crippen molar-refractivity contribution in [1.29, 1.82) is 0 Å². The summed E-state index contributed by atoms with van der Waals surface area (Å²) in [6.45, 7) is 6.85. The third-order valence-electron chi connectivity index (χ3n) is 4.93. The van der Waals surface area contributed by atoms with E-state index in [0.29, 0.717) is 35.1 Å². The molecular formula is C23H28Cl2N2O2. The van der Waals surface area contributed by atoms with Crippen molar-refractivity contribution in [2.24, 2.45) is 0 Å². The van der Waals surface area contributed by atoms with Crippen molar-refractivity contribution in [1.82, 2.24) is 10.2 Å². The van der Waals surface area contributed by atoms with Gasteiger partial charge in [-0.05, 0) is 48.6 Å². The molecule has 2 rings (SSSR count). The van der Waals surface area contributed by atoms with Gasteiger partial charge in [0.25, 0.3) is 0 Å². The van der Waals surface area contributed by atoms with Gasteiger partial charge in [-0.15, -0.1) is 0 Å². The predicted octanol–water partition coefficient (Wildman–Crippen LogP) is 5.18. The Hall–Kier alpha value is -2.04. The Kier molecular flexibility index (Phi) is 8.99. The quantitative estimate of drug-likeness (QED) is 0.590. The fourth-order valence-corrected chi connectivity index (χ4v) is 3.74. The number of carbonyl (C=O) groups excluding carboxylic acids is 2. The van der Waals surface area contributed by atoms with Crippen LogP contribution in [-0.2, 0) is 22.6 Å². The molecule has 0 aliphatic rings. The molecule has 0 saturated heterocycles. The summed E-state index contributed by atoms with van der Waals surface area (Å²) < 4.78 is 0. The lowest BCUT2D eigenvalue weighted by Gasteiger charge is -2.31. The molecule has 0 aliphatic heterocycles. The molecule has 6 heteroatoms. The third-order valence-corrected chi connectivity index (χ3v) is 5.64. The number of amides is 2. The summed E-state index contributed by atoms with van der Waals surface area (Å²) in [7, 11) is 0. The predicted molar refractivity (Wildman–Crippen MR) is 119 cm³/mol. The van der Waals surface area contributed by atoms with E-state index in [9.17, 15) is 9.59 Å². The first kappa shape index (κ1) is 23.2. The molecule has 0 bridgehead atoms. The number of hydrogen-bond donors (Lipinski definition) is 1. The second-order valence-electron chi connectivity index (χ2n) is 7.04. The van der Waals surface area contributed by atoms with Crippen LogP contribution in [0.3, 0.4) is 0 Å². The van der Waals surface area contributed by atoms with Crippen LogP contribution in [0.5, 0.6) is 0 Å². The number of nitrogens with one attached hydrogen (secondary N) is 1. The first-order valence-electron chi connectivity index (χ1n) is 9.93. The molecule has 0 aromatic heterocycles. The SMILES string of the molecule is CCCNC(=O)[C@@H](CC)N(Cc1ccccc1C)C(=O)Cc1c(Cl)cccc1Cl. The van der Waals surface area contributed by atoms with Gasteiger partial charge in [0.1, 0.15) is 6.04 Å². The van der Waals surface area contributed by atoms with Crippen molar-refractivity contribution in [3.05, 3.63) is 69.2 Å². The maximum absolute atomic E-state index is 13.3. The highest BCUT2D eigenvalue weighted by Gasteiger charge is 2.29. The van der Waals surface area contributed by atoms with Gasteiger partial charge in [-0.3, -0.25) is 9.59 Å². The summed E-state index contributed by atoms with van der Waals surface area (Å²) in [5.74, 6) is -0.316. The molecule has 0 radical (unpaired) electrons. The zero-order valence-corrected chi connectivity index (χ0v) is 18.7. The Balaban J connectivity index is 2.35. The second-order valence-corrected chi connectivity index (χ2v) is 7.85. The number of benzene rings is 2. The third kappa shape index (κ3) is 6.22. The molecule has 0 fully saturated rings. The van der Waals surface area contributed by atoms with E-state index in [2.05, 4.69) is 5.32 Å². The fraction of sp³-hybridized carbons (Fsp3) is 0.391. The monoisotopic (exact) mass is 434 g/mol. The Morgan fingerprint density at radius 1 is 1.03 bits per heavy atom. The van der Waals surface area contributed by atoms with Gasteiger partial charge >= 0.3 is 0 Å². The molecule has 1 N–H and O–H groups in total. The van der Waals surface area contributed by atoms with E-state index in [4.69, 9.17) is 23.2 Å². The number of nitrogens with zero attached hydrogens (tertiary/aromatic N) is 1. The molecular weight excluding hydrogens is 407 g/mol. The fourth-order valence-electron chi connectivity index (χ4n) is 3.21. The lowest BCUT2D eigenvalue weighted by atomic mass is 10.0. The first-order valence-corrected chi connectivity index (χ1v) is 10.7. The molecule has 0 heterocycles. The molecule has 156 valence electrons. The summed E-state index contributed by atoms with van der Waals surface area (Å²) >= 11 is 12.5. The van der Waals surface area contributed by atoms with Crippen LogP contribution in [0.1, 0.15) is 43.4 Å². The largest absolute Gasteiger partial charge is 0.354 e. The van der Waals surface area contributed by atoms with Crippen LogP contribution in [0.2, 0.25) is 10.0 Å². The Morgan fingerprint density at radius 2 is 1.69 bits per heavy atom. The highest BCUT2D eigenvalue weighted by Crippen LogP contribution is 2.26. The van der Waals surface area contributed by atoms with E-state index < -0.39 is 6.04 Å². The first-order chi connectivity index (χ1) is 13.9. The van der Waals surface area contributed by atoms with Crippen LogP contribution in [-0.4, -0.2) is 29.3 Å². The summed E-state index contributed by atoms with van der Waals surface area (Å²) in [4.78, 5) is 27.8. The minimum Gasteiger partial charge on any atom is -0.354 e. The zero-order valence-electron chi connectivity index (χ0n) is 17.2. The van der Waals surface area contributed by atoms with Gasteiger partial charge in [0.2, 0.25) is 11.8 Å². The number of aryl methyl sites for hydroxylation is 1. The van der Waals surface area contributed by atoms with E-state index in [1.54, 1.807) is 23.1 Å². The van der Waals surface area contributed by atoms with Crippen LogP contribution >= 0.6 is 23.2 Å². The summed E-state index contributed by atoms with van der Waals surface area (Å²) in [6.07, 6.45) is 1.40. The van der Waals surface area contributed by atoms with Crippen LogP contribution in [0.15, 0.2) is 42.5 Å². The van der Waals surface area contributed by atoms with Crippen LogP contribution in [0.4, 0.5) is 0 Å². The van der Waals surface area contributed by atoms with Gasteiger partial charge in [0.15, 0.2) is 0 Å². The second kappa shape index (κ2) is 11.2. The number of hydrogen-bond acceptors (Lipinski definition) is 2. The van der Waals surface area contributed by atoms with Gasteiger partial charge in [-0.2, -0.15) is 0 Å². The standard InChI is InChI=1S/C23H28Cl2N2O2/c1-4-13-26-23(29)21(5-2)27(15-17-10-7-6-9-16(17)3)22(28)14-18-19(24)11-8-12-20(18)25/h6-12,21H,4-5,13-15H2,1-3H3,(H,26,29)/t21-/m1/s1. The van der Waals surface area contributed by atoms with E-state index in [1.807, 2.05) is 45.0 Å². The summed E-state index contributed by atoms with van der Waals surface area (Å²) in [6, 6.07) is 12.5. The van der Waals surface area contributed by atoms with E-state index in [-0.39, 0.29) is 18.2 Å². The topological polar surface area (TPSA) is 49.4 Å². The summed E-state index contributed by atoms with van der Waals surface area (Å²) in [5, 5.41) is 3.82. The number of rotatable bonds is 9. The lowest BCUT2D eigenvalue weighted by Crippen LogP contribution is -2.49. The molecule has 29 heavy (non-hydrogen) atoms. The van der Waals surface area contributed by atoms with Crippen molar-refractivity contribution in [3.8, 4) is 0 Å². The maximum Gasteiger partial charge on any atom is 0.242 e. The molecule has 2 aromatic rings. The molecule has 0 aliphatic carbocycles. The number of halogens is 2. The molecule has 4 nitrogen and oxygen atoms in total. The van der Waals surface area contributed by atoms with E-state index in [1.165, 1.54) is 0 Å². The normalized spacial score (nSPS) is 11.8. The zero-order chi connectivity index (χ0) is 21.4. The molecule has 1 atom stereocenters. The lowest BCUT2D eigenvalue weighted by molar-refractivity contribution is -0.140. The van der Waals surface area contributed by atoms with Crippen molar-refractivity contribution in [2.75, 3.05) is 6.54 Å². The molecule has 0 unspecified atom stereocenters. The summed E-state index contributed by atoms with van der Waals surface area (Å²) in [5.41, 5.74) is 2.66. The molecule has 2 amide bonds. The average molecular weight is 435 g/mol. The van der Waals surface area contributed by atoms with Gasteiger partial charge in [-0.1, -0.05) is 67.4 Å². The minimum atomic E-state index is -0.560. The molecule has 2 aromatic carbocycles. The van der Waals surface area contributed by atoms with Crippen molar-refractivity contribution in [2.45, 2.75) is 52.6 Å². The molecule has 0 spiro atoms. The van der Waals surface area contributed by atoms with Crippen LogP contribution in [0, 0.1) is 6.92 Å². The van der Waals surface area contributed by atoms with Gasteiger partial charge in [0, 0.05) is 23.1 Å². The van der Waals surface area contributed by atoms with Crippen LogP contribution < -0.4 is 5.32 Å². The Labute approximate surface area is 183 Å². The van der Waals surface area contributed by atoms with Crippen molar-refractivity contribution >= 4 is 35.0 Å². The van der Waals surface area contributed by atoms with E-state index >= 15 is 0 Å². The Morgan fingerprint density at radius 3 is 2.28 bits per heavy atom. The van der Waals surface area contributed by atoms with Crippen LogP contribution in [0.25, 0.3) is 0 Å². The minimum absolute atomic E-state index is 0.0436. The van der Waals surface area contributed by atoms with Gasteiger partial charge in [0.05, 0.1) is 6.42 Å². The average Bonchev–Trinajstić information content (AvgIpc) is 2.70. The maximum atomic E-state index is 13.3.